The number of carbonyl (C=O) groups is 1. The van der Waals surface area contributed by atoms with E-state index in [-0.39, 0.29) is 5.04 Å². The van der Waals surface area contributed by atoms with Crippen molar-refractivity contribution in [3.05, 3.63) is 65.7 Å². The second-order valence-corrected chi connectivity index (χ2v) is 15.6. The second-order valence-electron chi connectivity index (χ2n) is 10.8. The maximum absolute atomic E-state index is 12.8. The van der Waals surface area contributed by atoms with E-state index in [1.807, 2.05) is 75.4 Å². The molecule has 0 aliphatic rings. The first-order valence-corrected chi connectivity index (χ1v) is 14.5. The monoisotopic (exact) mass is 481 g/mol. The third-order valence-electron chi connectivity index (χ3n) is 5.79. The average Bonchev–Trinajstić information content (AvgIpc) is 2.74. The number of amides is 1. The fraction of sp³-hybridized carbons (Fsp3) is 0.464. The van der Waals surface area contributed by atoms with Crippen molar-refractivity contribution >= 4 is 14.4 Å². The number of nitrogens with one attached hydrogen (secondary N) is 1. The first-order valence-electron chi connectivity index (χ1n) is 11.6. The fourth-order valence-electron chi connectivity index (χ4n) is 2.96. The molecule has 2 rings (SSSR count). The van der Waals surface area contributed by atoms with Crippen molar-refractivity contribution in [1.29, 1.82) is 0 Å². The topological polar surface area (TPSA) is 56.8 Å². The molecule has 2 aromatic rings. The molecule has 0 heterocycles. The van der Waals surface area contributed by atoms with Crippen LogP contribution >= 0.6 is 0 Å². The van der Waals surface area contributed by atoms with Crippen LogP contribution in [0.4, 0.5) is 4.79 Å². The summed E-state index contributed by atoms with van der Waals surface area (Å²) in [5.41, 5.74) is 1.09. The van der Waals surface area contributed by atoms with Gasteiger partial charge in [0.25, 0.3) is 0 Å². The van der Waals surface area contributed by atoms with Gasteiger partial charge in [0.15, 0.2) is 8.32 Å². The molecule has 0 radical (unpaired) electrons. The highest BCUT2D eigenvalue weighted by molar-refractivity contribution is 6.74. The predicted octanol–water partition coefficient (Wildman–Crippen LogP) is 6.70. The molecule has 1 N–H and O–H groups in total. The van der Waals surface area contributed by atoms with Gasteiger partial charge in [-0.15, -0.1) is 0 Å². The summed E-state index contributed by atoms with van der Waals surface area (Å²) in [6.45, 7) is 16.5. The quantitative estimate of drug-likeness (QED) is 0.368. The largest absolute Gasteiger partial charge is 0.497 e. The Bertz CT molecular complexity index is 1010. The van der Waals surface area contributed by atoms with Gasteiger partial charge in [-0.25, -0.2) is 4.79 Å². The second kappa shape index (κ2) is 11.1. The van der Waals surface area contributed by atoms with Gasteiger partial charge in [-0.05, 0) is 62.7 Å². The summed E-state index contributed by atoms with van der Waals surface area (Å²) in [7, 11) is -0.606. The van der Waals surface area contributed by atoms with Crippen LogP contribution in [0.25, 0.3) is 0 Å². The first-order chi connectivity index (χ1) is 15.7. The number of methoxy groups -OCH3 is 1. The number of alkyl carbamates (subject to hydrolysis) is 1. The SMILES string of the molecule is COc1cccc(C#C[C@@H](O[Si](C)(C)C(C)(C)C)[C@@H](NC(=O)OC(C)(C)C)c2ccccc2)c1. The molecule has 0 unspecified atom stereocenters. The third-order valence-corrected chi connectivity index (χ3v) is 10.2. The number of rotatable bonds is 6. The van der Waals surface area contributed by atoms with E-state index in [2.05, 4.69) is 51.0 Å². The zero-order chi connectivity index (χ0) is 25.6. The van der Waals surface area contributed by atoms with Crippen molar-refractivity contribution in [3.63, 3.8) is 0 Å². The van der Waals surface area contributed by atoms with Gasteiger partial charge in [0, 0.05) is 5.56 Å². The van der Waals surface area contributed by atoms with Crippen LogP contribution < -0.4 is 10.1 Å². The van der Waals surface area contributed by atoms with Crippen LogP contribution in [0.2, 0.25) is 18.1 Å². The molecule has 0 aromatic heterocycles. The van der Waals surface area contributed by atoms with E-state index >= 15 is 0 Å². The predicted molar refractivity (Wildman–Crippen MR) is 140 cm³/mol. The number of hydrogen-bond donors (Lipinski definition) is 1. The molecule has 2 aromatic carbocycles. The maximum Gasteiger partial charge on any atom is 0.408 e. The van der Waals surface area contributed by atoms with E-state index in [9.17, 15) is 4.79 Å². The number of ether oxygens (including phenoxy) is 2. The molecule has 0 aliphatic heterocycles. The zero-order valence-corrected chi connectivity index (χ0v) is 23.0. The maximum atomic E-state index is 12.8. The van der Waals surface area contributed by atoms with E-state index in [1.165, 1.54) is 0 Å². The summed E-state index contributed by atoms with van der Waals surface area (Å²) in [5, 5.41) is 3.00. The Labute approximate surface area is 206 Å². The fourth-order valence-corrected chi connectivity index (χ4v) is 4.14. The Morgan fingerprint density at radius 1 is 0.971 bits per heavy atom. The van der Waals surface area contributed by atoms with Crippen LogP contribution in [-0.4, -0.2) is 33.2 Å². The molecular formula is C28H39NO4Si. The molecule has 1 amide bonds. The Morgan fingerprint density at radius 3 is 2.18 bits per heavy atom. The molecule has 34 heavy (non-hydrogen) atoms. The zero-order valence-electron chi connectivity index (χ0n) is 22.0. The van der Waals surface area contributed by atoms with Gasteiger partial charge in [0.05, 0.1) is 13.2 Å². The highest BCUT2D eigenvalue weighted by Gasteiger charge is 2.41. The lowest BCUT2D eigenvalue weighted by Gasteiger charge is -2.40. The third kappa shape index (κ3) is 8.23. The molecule has 0 bridgehead atoms. The van der Waals surface area contributed by atoms with E-state index in [0.29, 0.717) is 0 Å². The number of carbonyl (C=O) groups excluding carboxylic acids is 1. The summed E-state index contributed by atoms with van der Waals surface area (Å²) >= 11 is 0. The van der Waals surface area contributed by atoms with Crippen molar-refractivity contribution in [2.75, 3.05) is 7.11 Å². The Kier molecular flexibility index (Phi) is 8.99. The Morgan fingerprint density at radius 2 is 1.62 bits per heavy atom. The van der Waals surface area contributed by atoms with Crippen LogP contribution in [0, 0.1) is 11.8 Å². The highest BCUT2D eigenvalue weighted by Crippen LogP contribution is 2.38. The van der Waals surface area contributed by atoms with Gasteiger partial charge in [-0.2, -0.15) is 0 Å². The van der Waals surface area contributed by atoms with E-state index in [4.69, 9.17) is 13.9 Å². The summed E-state index contributed by atoms with van der Waals surface area (Å²) in [6.07, 6.45) is -1.09. The lowest BCUT2D eigenvalue weighted by Crippen LogP contribution is -2.48. The molecule has 5 nitrogen and oxygen atoms in total. The summed E-state index contributed by atoms with van der Waals surface area (Å²) in [5.74, 6) is 7.30. The number of benzene rings is 2. The molecule has 0 saturated heterocycles. The molecule has 184 valence electrons. The van der Waals surface area contributed by atoms with Crippen LogP contribution in [-0.2, 0) is 9.16 Å². The Hall–Kier alpha value is -2.75. The summed E-state index contributed by atoms with van der Waals surface area (Å²) in [4.78, 5) is 12.8. The molecule has 0 aliphatic carbocycles. The lowest BCUT2D eigenvalue weighted by molar-refractivity contribution is 0.0463. The first kappa shape index (κ1) is 27.5. The van der Waals surface area contributed by atoms with Crippen molar-refractivity contribution in [3.8, 4) is 17.6 Å². The van der Waals surface area contributed by atoms with Gasteiger partial charge in [-0.1, -0.05) is 69.0 Å². The minimum absolute atomic E-state index is 0.0317. The van der Waals surface area contributed by atoms with Crippen molar-refractivity contribution < 1.29 is 18.7 Å². The smallest absolute Gasteiger partial charge is 0.408 e. The molecule has 0 spiro atoms. The average molecular weight is 482 g/mol. The van der Waals surface area contributed by atoms with E-state index in [1.54, 1.807) is 7.11 Å². The minimum Gasteiger partial charge on any atom is -0.497 e. The van der Waals surface area contributed by atoms with Crippen molar-refractivity contribution in [2.24, 2.45) is 0 Å². The van der Waals surface area contributed by atoms with Crippen molar-refractivity contribution in [1.82, 2.24) is 5.32 Å². The van der Waals surface area contributed by atoms with E-state index in [0.717, 1.165) is 16.9 Å². The van der Waals surface area contributed by atoms with Crippen molar-refractivity contribution in [2.45, 2.75) is 77.4 Å². The van der Waals surface area contributed by atoms with Crippen LogP contribution in [0.1, 0.15) is 58.7 Å². The van der Waals surface area contributed by atoms with E-state index < -0.39 is 32.2 Å². The van der Waals surface area contributed by atoms with Gasteiger partial charge >= 0.3 is 6.09 Å². The Balaban J connectivity index is 2.54. The highest BCUT2D eigenvalue weighted by atomic mass is 28.4. The summed E-state index contributed by atoms with van der Waals surface area (Å²) < 4.78 is 17.7. The van der Waals surface area contributed by atoms with Gasteiger partial charge in [-0.3, -0.25) is 0 Å². The summed E-state index contributed by atoms with van der Waals surface area (Å²) in [6, 6.07) is 16.9. The normalized spacial score (nSPS) is 13.8. The molecule has 2 atom stereocenters. The van der Waals surface area contributed by atoms with Gasteiger partial charge < -0.3 is 19.2 Å². The molecule has 0 saturated carbocycles. The number of hydrogen-bond acceptors (Lipinski definition) is 4. The minimum atomic E-state index is -2.24. The van der Waals surface area contributed by atoms with Crippen LogP contribution in [0.5, 0.6) is 5.75 Å². The van der Waals surface area contributed by atoms with Crippen LogP contribution in [0.3, 0.4) is 0 Å². The lowest BCUT2D eigenvalue weighted by atomic mass is 10.0. The molecule has 6 heteroatoms. The van der Waals surface area contributed by atoms with Crippen LogP contribution in [0.15, 0.2) is 54.6 Å². The van der Waals surface area contributed by atoms with Gasteiger partial charge in [0.2, 0.25) is 0 Å². The standard InChI is InChI=1S/C28H39NO4Si/c1-27(2,3)32-26(30)29-25(22-15-11-10-12-16-22)24(33-34(8,9)28(4,5)6)19-18-21-14-13-17-23(20-21)31-7/h10-17,20,24-25H,1-9H3,(H,29,30)/t24-,25+/m1/s1. The van der Waals surface area contributed by atoms with Gasteiger partial charge in [0.1, 0.15) is 17.5 Å². The molecule has 0 fully saturated rings. The molecular weight excluding hydrogens is 442 g/mol.